The van der Waals surface area contributed by atoms with Crippen LogP contribution in [0.25, 0.3) is 0 Å². The van der Waals surface area contributed by atoms with Gasteiger partial charge in [-0.25, -0.2) is 0 Å². The van der Waals surface area contributed by atoms with Crippen LogP contribution in [0.3, 0.4) is 0 Å². The molecule has 0 spiro atoms. The van der Waals surface area contributed by atoms with Crippen molar-refractivity contribution in [2.45, 2.75) is 52.7 Å². The van der Waals surface area contributed by atoms with Gasteiger partial charge in [-0.2, -0.15) is 0 Å². The molecule has 1 heterocycles. The molecule has 1 saturated heterocycles. The van der Waals surface area contributed by atoms with E-state index in [1.807, 2.05) is 0 Å². The van der Waals surface area contributed by atoms with Crippen LogP contribution in [-0.4, -0.2) is 30.1 Å². The summed E-state index contributed by atoms with van der Waals surface area (Å²) in [5.74, 6) is 0. The van der Waals surface area contributed by atoms with Gasteiger partial charge in [-0.1, -0.05) is 58.0 Å². The molecular weight excluding hydrogens is 244 g/mol. The van der Waals surface area contributed by atoms with Gasteiger partial charge < -0.3 is 5.32 Å². The van der Waals surface area contributed by atoms with E-state index in [0.717, 1.165) is 6.54 Å². The number of nitrogens with one attached hydrogen (secondary N) is 1. The quantitative estimate of drug-likeness (QED) is 0.905. The highest BCUT2D eigenvalue weighted by molar-refractivity contribution is 5.19. The van der Waals surface area contributed by atoms with Crippen LogP contribution in [0.4, 0.5) is 0 Å². The van der Waals surface area contributed by atoms with Crippen molar-refractivity contribution in [3.05, 3.63) is 35.9 Å². The number of nitrogens with zero attached hydrogens (tertiary/aromatic N) is 1. The van der Waals surface area contributed by atoms with E-state index in [2.05, 4.69) is 68.2 Å². The van der Waals surface area contributed by atoms with Gasteiger partial charge >= 0.3 is 0 Å². The zero-order chi connectivity index (χ0) is 14.4. The largest absolute Gasteiger partial charge is 0.309 e. The Bertz CT molecular complexity index is 450. The molecule has 3 rings (SSSR count). The SMILES string of the molecule is CC1(C)C(NC2CCN(Cc3ccccc3)C2)C1(C)C. The van der Waals surface area contributed by atoms with E-state index < -0.39 is 0 Å². The summed E-state index contributed by atoms with van der Waals surface area (Å²) in [6, 6.07) is 12.2. The number of hydrogen-bond acceptors (Lipinski definition) is 2. The maximum atomic E-state index is 3.91. The summed E-state index contributed by atoms with van der Waals surface area (Å²) in [7, 11) is 0. The average molecular weight is 272 g/mol. The molecule has 1 aromatic carbocycles. The zero-order valence-electron chi connectivity index (χ0n) is 13.3. The monoisotopic (exact) mass is 272 g/mol. The Labute approximate surface area is 123 Å². The Kier molecular flexibility index (Phi) is 3.42. The molecule has 110 valence electrons. The molecule has 1 unspecified atom stereocenters. The molecular formula is C18H28N2. The maximum Gasteiger partial charge on any atom is 0.0234 e. The molecule has 1 aliphatic heterocycles. The summed E-state index contributed by atoms with van der Waals surface area (Å²) in [4.78, 5) is 2.58. The minimum Gasteiger partial charge on any atom is -0.309 e. The van der Waals surface area contributed by atoms with Gasteiger partial charge in [0.1, 0.15) is 0 Å². The molecule has 1 atom stereocenters. The molecule has 0 radical (unpaired) electrons. The summed E-state index contributed by atoms with van der Waals surface area (Å²) in [5.41, 5.74) is 2.32. The second kappa shape index (κ2) is 4.85. The Morgan fingerprint density at radius 1 is 1.10 bits per heavy atom. The molecule has 2 fully saturated rings. The third-order valence-corrected chi connectivity index (χ3v) is 5.94. The molecule has 1 aliphatic carbocycles. The Morgan fingerprint density at radius 2 is 1.75 bits per heavy atom. The van der Waals surface area contributed by atoms with Crippen LogP contribution >= 0.6 is 0 Å². The second-order valence-corrected chi connectivity index (χ2v) is 7.75. The summed E-state index contributed by atoms with van der Waals surface area (Å²) >= 11 is 0. The molecule has 2 aliphatic rings. The first-order chi connectivity index (χ1) is 9.41. The highest BCUT2D eigenvalue weighted by atomic mass is 15.2. The fourth-order valence-electron chi connectivity index (χ4n) is 3.80. The number of benzene rings is 1. The van der Waals surface area contributed by atoms with Gasteiger partial charge in [0.05, 0.1) is 0 Å². The molecule has 1 saturated carbocycles. The van der Waals surface area contributed by atoms with E-state index in [4.69, 9.17) is 0 Å². The van der Waals surface area contributed by atoms with Crippen molar-refractivity contribution in [1.29, 1.82) is 0 Å². The summed E-state index contributed by atoms with van der Waals surface area (Å²) in [6.07, 6.45) is 1.29. The normalized spacial score (nSPS) is 28.7. The van der Waals surface area contributed by atoms with E-state index in [-0.39, 0.29) is 0 Å². The van der Waals surface area contributed by atoms with Crippen LogP contribution in [0, 0.1) is 10.8 Å². The van der Waals surface area contributed by atoms with Crippen LogP contribution < -0.4 is 5.32 Å². The lowest BCUT2D eigenvalue weighted by molar-refractivity contribution is 0.317. The highest BCUT2D eigenvalue weighted by Crippen LogP contribution is 2.62. The first-order valence-electron chi connectivity index (χ1n) is 7.93. The fourth-order valence-corrected chi connectivity index (χ4v) is 3.80. The van der Waals surface area contributed by atoms with Crippen molar-refractivity contribution in [3.63, 3.8) is 0 Å². The van der Waals surface area contributed by atoms with Gasteiger partial charge in [0.15, 0.2) is 0 Å². The molecule has 0 amide bonds. The molecule has 1 aromatic rings. The third kappa shape index (κ3) is 2.40. The Hall–Kier alpha value is -0.860. The summed E-state index contributed by atoms with van der Waals surface area (Å²) in [6.45, 7) is 13.1. The highest BCUT2D eigenvalue weighted by Gasteiger charge is 2.65. The van der Waals surface area contributed by atoms with Crippen LogP contribution in [0.15, 0.2) is 30.3 Å². The molecule has 2 heteroatoms. The second-order valence-electron chi connectivity index (χ2n) is 7.75. The topological polar surface area (TPSA) is 15.3 Å². The molecule has 20 heavy (non-hydrogen) atoms. The number of hydrogen-bond donors (Lipinski definition) is 1. The average Bonchev–Trinajstić information content (AvgIpc) is 2.73. The van der Waals surface area contributed by atoms with Gasteiger partial charge in [-0.05, 0) is 22.8 Å². The maximum absolute atomic E-state index is 3.91. The first-order valence-corrected chi connectivity index (χ1v) is 7.93. The molecule has 0 aromatic heterocycles. The van der Waals surface area contributed by atoms with Gasteiger partial charge in [-0.15, -0.1) is 0 Å². The fraction of sp³-hybridized carbons (Fsp3) is 0.667. The third-order valence-electron chi connectivity index (χ3n) is 5.94. The zero-order valence-corrected chi connectivity index (χ0v) is 13.3. The van der Waals surface area contributed by atoms with Crippen LogP contribution in [0.1, 0.15) is 39.7 Å². The standard InChI is InChI=1S/C18H28N2/c1-17(2)16(18(17,3)4)19-15-10-11-20(13-15)12-14-8-6-5-7-9-14/h5-9,15-16,19H,10-13H2,1-4H3. The molecule has 2 nitrogen and oxygen atoms in total. The summed E-state index contributed by atoms with van der Waals surface area (Å²) in [5, 5.41) is 3.91. The Morgan fingerprint density at radius 3 is 2.35 bits per heavy atom. The predicted molar refractivity (Wildman–Crippen MR) is 84.6 cm³/mol. The Balaban J connectivity index is 1.51. The van der Waals surface area contributed by atoms with Crippen LogP contribution in [0.5, 0.6) is 0 Å². The minimum absolute atomic E-state index is 0.444. The van der Waals surface area contributed by atoms with Crippen molar-refractivity contribution in [1.82, 2.24) is 10.2 Å². The lowest BCUT2D eigenvalue weighted by atomic mass is 10.0. The van der Waals surface area contributed by atoms with Crippen molar-refractivity contribution >= 4 is 0 Å². The van der Waals surface area contributed by atoms with Crippen molar-refractivity contribution < 1.29 is 0 Å². The summed E-state index contributed by atoms with van der Waals surface area (Å²) < 4.78 is 0. The van der Waals surface area contributed by atoms with E-state index in [1.54, 1.807) is 0 Å². The van der Waals surface area contributed by atoms with E-state index in [0.29, 0.717) is 22.9 Å². The van der Waals surface area contributed by atoms with Crippen molar-refractivity contribution in [2.24, 2.45) is 10.8 Å². The van der Waals surface area contributed by atoms with E-state index in [9.17, 15) is 0 Å². The van der Waals surface area contributed by atoms with Crippen molar-refractivity contribution in [2.75, 3.05) is 13.1 Å². The smallest absolute Gasteiger partial charge is 0.0234 e. The van der Waals surface area contributed by atoms with Gasteiger partial charge in [0, 0.05) is 31.7 Å². The number of likely N-dealkylation sites (tertiary alicyclic amines) is 1. The first kappa shape index (κ1) is 14.1. The van der Waals surface area contributed by atoms with Crippen LogP contribution in [0.2, 0.25) is 0 Å². The van der Waals surface area contributed by atoms with Gasteiger partial charge in [-0.3, -0.25) is 4.90 Å². The van der Waals surface area contributed by atoms with Gasteiger partial charge in [0.25, 0.3) is 0 Å². The van der Waals surface area contributed by atoms with Crippen LogP contribution in [-0.2, 0) is 6.54 Å². The lowest BCUT2D eigenvalue weighted by Gasteiger charge is -2.17. The lowest BCUT2D eigenvalue weighted by Crippen LogP contribution is -2.36. The van der Waals surface area contributed by atoms with E-state index >= 15 is 0 Å². The molecule has 1 N–H and O–H groups in total. The van der Waals surface area contributed by atoms with E-state index in [1.165, 1.54) is 25.1 Å². The minimum atomic E-state index is 0.444. The molecule has 0 bridgehead atoms. The van der Waals surface area contributed by atoms with Crippen molar-refractivity contribution in [3.8, 4) is 0 Å². The predicted octanol–water partition coefficient (Wildman–Crippen LogP) is 3.29. The number of rotatable bonds is 4. The van der Waals surface area contributed by atoms with Gasteiger partial charge in [0.2, 0.25) is 0 Å².